The summed E-state index contributed by atoms with van der Waals surface area (Å²) in [6.07, 6.45) is 1.37. The van der Waals surface area contributed by atoms with Crippen molar-refractivity contribution < 1.29 is 43.0 Å². The number of nitrogens with zero attached hydrogens (tertiary/aromatic N) is 2. The van der Waals surface area contributed by atoms with Crippen LogP contribution in [0.15, 0.2) is 54.6 Å². The van der Waals surface area contributed by atoms with Crippen LogP contribution in [0.3, 0.4) is 0 Å². The summed E-state index contributed by atoms with van der Waals surface area (Å²) in [5.41, 5.74) is -3.02. The highest BCUT2D eigenvalue weighted by atomic mass is 35.5. The van der Waals surface area contributed by atoms with Crippen LogP contribution in [-0.2, 0) is 43.0 Å². The lowest BCUT2D eigenvalue weighted by Crippen LogP contribution is -2.69. The Morgan fingerprint density at radius 2 is 1.59 bits per heavy atom. The van der Waals surface area contributed by atoms with Gasteiger partial charge in [0.05, 0.1) is 18.7 Å². The predicted octanol–water partition coefficient (Wildman–Crippen LogP) is 0.604. The van der Waals surface area contributed by atoms with E-state index in [1.165, 1.54) is 0 Å². The fourth-order valence-electron chi connectivity index (χ4n) is 4.62. The zero-order valence-electron chi connectivity index (χ0n) is 20.6. The van der Waals surface area contributed by atoms with E-state index in [1.54, 1.807) is 46.2 Å². The molecule has 1 aliphatic heterocycles. The summed E-state index contributed by atoms with van der Waals surface area (Å²) < 4.78 is 9.26. The number of benzene rings is 2. The summed E-state index contributed by atoms with van der Waals surface area (Å²) in [7, 11) is 0. The van der Waals surface area contributed by atoms with E-state index in [0.29, 0.717) is 29.4 Å². The average molecular weight is 557 g/mol. The summed E-state index contributed by atoms with van der Waals surface area (Å²) >= 11 is 6.08. The molecule has 1 saturated heterocycles. The van der Waals surface area contributed by atoms with Gasteiger partial charge >= 0.3 is 12.4 Å². The van der Waals surface area contributed by atoms with Crippen LogP contribution in [-0.4, -0.2) is 97.1 Å². The van der Waals surface area contributed by atoms with Crippen molar-refractivity contribution in [3.05, 3.63) is 70.7 Å². The number of piperazine rings is 1. The van der Waals surface area contributed by atoms with Crippen LogP contribution >= 0.6 is 11.6 Å². The minimum absolute atomic E-state index is 0.0428. The van der Waals surface area contributed by atoms with Gasteiger partial charge in [-0.05, 0) is 23.3 Å². The fraction of sp³-hybridized carbons (Fsp3) is 0.296. The normalized spacial score (nSPS) is 18.3. The summed E-state index contributed by atoms with van der Waals surface area (Å²) in [5.74, 6) is -1.51. The molecule has 39 heavy (non-hydrogen) atoms. The highest BCUT2D eigenvalue weighted by Crippen LogP contribution is 2.38. The van der Waals surface area contributed by atoms with Crippen LogP contribution in [0, 0.1) is 0 Å². The number of aldehydes is 5. The molecule has 0 N–H and O–H groups in total. The molecule has 0 saturated carbocycles. The molecular weight excluding hydrogens is 532 g/mol. The second kappa shape index (κ2) is 13.3. The third-order valence-corrected chi connectivity index (χ3v) is 6.73. The van der Waals surface area contributed by atoms with E-state index in [9.17, 15) is 33.6 Å². The van der Waals surface area contributed by atoms with E-state index < -0.39 is 35.8 Å². The summed E-state index contributed by atoms with van der Waals surface area (Å²) in [4.78, 5) is 85.9. The monoisotopic (exact) mass is 556 g/mol. The van der Waals surface area contributed by atoms with Crippen molar-refractivity contribution in [1.82, 2.24) is 9.80 Å². The Labute approximate surface area is 228 Å². The minimum atomic E-state index is -2.66. The van der Waals surface area contributed by atoms with E-state index in [-0.39, 0.29) is 38.7 Å². The van der Waals surface area contributed by atoms with Crippen molar-refractivity contribution in [3.8, 4) is 0 Å². The molecule has 2 aromatic rings. The first-order valence-corrected chi connectivity index (χ1v) is 12.1. The molecule has 0 spiro atoms. The molecule has 0 aliphatic carbocycles. The summed E-state index contributed by atoms with van der Waals surface area (Å²) in [6.45, 7) is -0.867. The topological polar surface area (TPSA) is 144 Å². The molecule has 1 fully saturated rings. The highest BCUT2D eigenvalue weighted by Gasteiger charge is 2.50. The molecule has 0 bridgehead atoms. The SMILES string of the molecule is O=COC(=O)C(C=O)(C=O)OCCN1CC(C=O)N(C(c2ccccc2)c2ccc(Cl)cc2)C(C=O)(C=O)C1. The van der Waals surface area contributed by atoms with Crippen molar-refractivity contribution in [1.29, 1.82) is 0 Å². The maximum atomic E-state index is 12.6. The zero-order valence-corrected chi connectivity index (χ0v) is 21.3. The van der Waals surface area contributed by atoms with Gasteiger partial charge in [0, 0.05) is 24.7 Å². The molecular formula is C27H25ClN2O9. The predicted molar refractivity (Wildman–Crippen MR) is 136 cm³/mol. The van der Waals surface area contributed by atoms with Gasteiger partial charge in [-0.1, -0.05) is 54.1 Å². The Morgan fingerprint density at radius 3 is 2.13 bits per heavy atom. The standard InChI is InChI=1S/C27H25ClN2O9/c28-22-8-6-21(7-9-22)24(20-4-2-1-3-5-20)30-23(13-31)12-29(14-26(30,15-32)16-33)10-11-39-27(17-34,18-35)25(37)38-19-36/h1-9,13,15-19,23-24H,10-12,14H2. The van der Waals surface area contributed by atoms with Crippen molar-refractivity contribution in [2.24, 2.45) is 0 Å². The van der Waals surface area contributed by atoms with Gasteiger partial charge in [-0.25, -0.2) is 4.79 Å². The van der Waals surface area contributed by atoms with Gasteiger partial charge in [-0.2, -0.15) is 0 Å². The molecule has 2 atom stereocenters. The maximum absolute atomic E-state index is 12.6. The number of halogens is 1. The van der Waals surface area contributed by atoms with Gasteiger partial charge in [0.2, 0.25) is 0 Å². The number of hydrogen-bond donors (Lipinski definition) is 0. The minimum Gasteiger partial charge on any atom is -0.393 e. The molecule has 0 radical (unpaired) electrons. The van der Waals surface area contributed by atoms with Gasteiger partial charge < -0.3 is 23.9 Å². The number of carbonyl (C=O) groups is 7. The van der Waals surface area contributed by atoms with Crippen molar-refractivity contribution in [2.45, 2.75) is 23.2 Å². The molecule has 1 heterocycles. The molecule has 0 aromatic heterocycles. The van der Waals surface area contributed by atoms with Gasteiger partial charge in [-0.3, -0.25) is 24.2 Å². The summed E-state index contributed by atoms with van der Waals surface area (Å²) in [5, 5.41) is 0.484. The van der Waals surface area contributed by atoms with E-state index in [1.807, 2.05) is 18.2 Å². The molecule has 1 aliphatic rings. The second-order valence-corrected chi connectivity index (χ2v) is 9.25. The van der Waals surface area contributed by atoms with E-state index in [4.69, 9.17) is 16.3 Å². The van der Waals surface area contributed by atoms with Gasteiger partial charge in [0.25, 0.3) is 5.60 Å². The van der Waals surface area contributed by atoms with E-state index in [0.717, 1.165) is 5.56 Å². The molecule has 2 aromatic carbocycles. The molecule has 12 heteroatoms. The Hall–Kier alpha value is -3.90. The van der Waals surface area contributed by atoms with Gasteiger partial charge in [0.15, 0.2) is 12.6 Å². The number of esters is 1. The lowest BCUT2D eigenvalue weighted by molar-refractivity contribution is -0.174. The van der Waals surface area contributed by atoms with Crippen LogP contribution in [0.4, 0.5) is 0 Å². The van der Waals surface area contributed by atoms with E-state index >= 15 is 0 Å². The number of hydrogen-bond acceptors (Lipinski definition) is 11. The van der Waals surface area contributed by atoms with Crippen molar-refractivity contribution in [2.75, 3.05) is 26.2 Å². The zero-order chi connectivity index (χ0) is 28.5. The largest absolute Gasteiger partial charge is 0.393 e. The average Bonchev–Trinajstić information content (AvgIpc) is 2.97. The van der Waals surface area contributed by atoms with Crippen LogP contribution in [0.2, 0.25) is 5.02 Å². The number of ether oxygens (including phenoxy) is 2. The highest BCUT2D eigenvalue weighted by molar-refractivity contribution is 6.30. The first-order valence-electron chi connectivity index (χ1n) is 11.7. The van der Waals surface area contributed by atoms with E-state index in [2.05, 4.69) is 4.74 Å². The third kappa shape index (κ3) is 6.23. The van der Waals surface area contributed by atoms with Gasteiger partial charge in [0.1, 0.15) is 24.4 Å². The van der Waals surface area contributed by atoms with Crippen LogP contribution in [0.5, 0.6) is 0 Å². The summed E-state index contributed by atoms with van der Waals surface area (Å²) in [6, 6.07) is 14.2. The lowest BCUT2D eigenvalue weighted by Gasteiger charge is -2.51. The maximum Gasteiger partial charge on any atom is 0.361 e. The Bertz CT molecular complexity index is 1190. The molecule has 204 valence electrons. The molecule has 11 nitrogen and oxygen atoms in total. The quantitative estimate of drug-likeness (QED) is 0.183. The second-order valence-electron chi connectivity index (χ2n) is 8.82. The van der Waals surface area contributed by atoms with Crippen LogP contribution in [0.1, 0.15) is 17.2 Å². The molecule has 3 rings (SSSR count). The molecule has 0 amide bonds. The molecule has 2 unspecified atom stereocenters. The smallest absolute Gasteiger partial charge is 0.361 e. The first kappa shape index (κ1) is 29.7. The number of rotatable bonds is 14. The van der Waals surface area contributed by atoms with Crippen LogP contribution < -0.4 is 0 Å². The Morgan fingerprint density at radius 1 is 0.974 bits per heavy atom. The fourth-order valence-corrected chi connectivity index (χ4v) is 4.75. The van der Waals surface area contributed by atoms with Gasteiger partial charge in [-0.15, -0.1) is 0 Å². The third-order valence-electron chi connectivity index (χ3n) is 6.48. The Kier molecular flexibility index (Phi) is 10.1. The lowest BCUT2D eigenvalue weighted by atomic mass is 9.86. The number of carbonyl (C=O) groups excluding carboxylic acids is 7. The van der Waals surface area contributed by atoms with Crippen molar-refractivity contribution in [3.63, 3.8) is 0 Å². The Balaban J connectivity index is 1.94. The van der Waals surface area contributed by atoms with Crippen molar-refractivity contribution >= 4 is 55.5 Å². The van der Waals surface area contributed by atoms with Crippen LogP contribution in [0.25, 0.3) is 0 Å². The first-order chi connectivity index (χ1) is 18.8.